The molecule has 2 N–H and O–H groups in total. The Kier molecular flexibility index (Phi) is 3.52. The van der Waals surface area contributed by atoms with Crippen LogP contribution in [0.1, 0.15) is 12.8 Å². The van der Waals surface area contributed by atoms with Crippen molar-refractivity contribution in [2.24, 2.45) is 5.92 Å². The van der Waals surface area contributed by atoms with E-state index >= 15 is 0 Å². The molecule has 2 rings (SSSR count). The van der Waals surface area contributed by atoms with Crippen LogP contribution in [0.3, 0.4) is 0 Å². The quantitative estimate of drug-likeness (QED) is 0.815. The van der Waals surface area contributed by atoms with Gasteiger partial charge in [0, 0.05) is 9.94 Å². The van der Waals surface area contributed by atoms with E-state index in [4.69, 9.17) is 14.8 Å². The molecule has 86 valence electrons. The van der Waals surface area contributed by atoms with Gasteiger partial charge in [-0.1, -0.05) is 15.9 Å². The van der Waals surface area contributed by atoms with Crippen LogP contribution in [0.4, 0.5) is 4.39 Å². The van der Waals surface area contributed by atoms with E-state index in [-0.39, 0.29) is 11.2 Å². The van der Waals surface area contributed by atoms with Crippen molar-refractivity contribution in [2.45, 2.75) is 12.8 Å². The lowest BCUT2D eigenvalue weighted by atomic mass is 9.80. The summed E-state index contributed by atoms with van der Waals surface area (Å²) in [6.07, 6.45) is 2.24. The predicted molar refractivity (Wildman–Crippen MR) is 62.1 cm³/mol. The lowest BCUT2D eigenvalue weighted by molar-refractivity contribution is 0.285. The highest BCUT2D eigenvalue weighted by Crippen LogP contribution is 2.30. The second-order valence-electron chi connectivity index (χ2n) is 3.90. The molecule has 0 aliphatic heterocycles. The third-order valence-electron chi connectivity index (χ3n) is 2.52. The van der Waals surface area contributed by atoms with E-state index in [2.05, 4.69) is 15.9 Å². The Labute approximate surface area is 102 Å². The van der Waals surface area contributed by atoms with Crippen LogP contribution in [0.25, 0.3) is 0 Å². The Bertz CT molecular complexity index is 396. The molecule has 1 aromatic rings. The first kappa shape index (κ1) is 11.9. The molecule has 6 heteroatoms. The maximum atomic E-state index is 13.8. The molecule has 0 aromatic heterocycles. The molecule has 1 aliphatic rings. The summed E-state index contributed by atoms with van der Waals surface area (Å²) >= 11 is 3.06. The van der Waals surface area contributed by atoms with E-state index in [1.165, 1.54) is 6.07 Å². The van der Waals surface area contributed by atoms with Gasteiger partial charge in [-0.15, -0.1) is 0 Å². The van der Waals surface area contributed by atoms with Crippen molar-refractivity contribution in [1.29, 1.82) is 0 Å². The summed E-state index contributed by atoms with van der Waals surface area (Å²) in [5.74, 6) is -0.131. The van der Waals surface area contributed by atoms with Crippen molar-refractivity contribution in [3.05, 3.63) is 22.4 Å². The van der Waals surface area contributed by atoms with Crippen molar-refractivity contribution < 1.29 is 19.2 Å². The van der Waals surface area contributed by atoms with Crippen LogP contribution < -0.4 is 10.2 Å². The second kappa shape index (κ2) is 4.73. The fourth-order valence-corrected chi connectivity index (χ4v) is 1.90. The number of benzene rings is 1. The molecule has 1 fully saturated rings. The van der Waals surface area contributed by atoms with Gasteiger partial charge in [0.25, 0.3) is 0 Å². The van der Waals surface area contributed by atoms with Crippen LogP contribution in [0.15, 0.2) is 16.6 Å². The molecule has 0 heterocycles. The minimum Gasteiger partial charge on any atom is -0.490 e. The fraction of sp³-hybridized carbons (Fsp3) is 0.400. The van der Waals surface area contributed by atoms with E-state index in [0.29, 0.717) is 17.0 Å². The maximum absolute atomic E-state index is 13.8. The number of halogens is 2. The monoisotopic (exact) mass is 288 g/mol. The maximum Gasteiger partial charge on any atom is 0.492 e. The van der Waals surface area contributed by atoms with Gasteiger partial charge >= 0.3 is 7.12 Å². The van der Waals surface area contributed by atoms with Crippen LogP contribution in [-0.4, -0.2) is 23.8 Å². The second-order valence-corrected chi connectivity index (χ2v) is 4.76. The first-order valence-electron chi connectivity index (χ1n) is 5.06. The van der Waals surface area contributed by atoms with Gasteiger partial charge in [0.15, 0.2) is 11.6 Å². The van der Waals surface area contributed by atoms with Gasteiger partial charge in [-0.2, -0.15) is 0 Å². The lowest BCUT2D eigenvalue weighted by Crippen LogP contribution is -2.34. The summed E-state index contributed by atoms with van der Waals surface area (Å²) in [5, 5.41) is 18.1. The number of ether oxygens (including phenoxy) is 1. The van der Waals surface area contributed by atoms with E-state index in [1.54, 1.807) is 6.07 Å². The molecule has 0 saturated heterocycles. The predicted octanol–water partition coefficient (Wildman–Crippen LogP) is 1.06. The highest BCUT2D eigenvalue weighted by molar-refractivity contribution is 9.10. The number of hydrogen-bond donors (Lipinski definition) is 2. The third kappa shape index (κ3) is 2.56. The molecule has 0 amide bonds. The summed E-state index contributed by atoms with van der Waals surface area (Å²) in [4.78, 5) is 0. The van der Waals surface area contributed by atoms with Gasteiger partial charge < -0.3 is 14.8 Å². The van der Waals surface area contributed by atoms with E-state index in [9.17, 15) is 4.39 Å². The van der Waals surface area contributed by atoms with Crippen molar-refractivity contribution >= 4 is 28.5 Å². The van der Waals surface area contributed by atoms with E-state index in [1.807, 2.05) is 0 Å². The molecule has 0 spiro atoms. The van der Waals surface area contributed by atoms with Crippen molar-refractivity contribution in [1.82, 2.24) is 0 Å². The smallest absolute Gasteiger partial charge is 0.490 e. The van der Waals surface area contributed by atoms with Gasteiger partial charge in [-0.25, -0.2) is 4.39 Å². The SMILES string of the molecule is OB(O)c1c(Br)ccc(OCC2CC2)c1F. The van der Waals surface area contributed by atoms with Crippen LogP contribution >= 0.6 is 15.9 Å². The molecule has 1 aromatic carbocycles. The normalized spacial score (nSPS) is 15.0. The first-order valence-corrected chi connectivity index (χ1v) is 5.85. The molecule has 1 saturated carbocycles. The highest BCUT2D eigenvalue weighted by atomic mass is 79.9. The molecule has 0 atom stereocenters. The number of hydrogen-bond acceptors (Lipinski definition) is 3. The minimum atomic E-state index is -1.85. The molecule has 0 unspecified atom stereocenters. The Hall–Kier alpha value is -0.585. The van der Waals surface area contributed by atoms with Crippen molar-refractivity contribution in [3.8, 4) is 5.75 Å². The molecule has 1 aliphatic carbocycles. The molecule has 16 heavy (non-hydrogen) atoms. The number of rotatable bonds is 4. The molecule has 0 bridgehead atoms. The van der Waals surface area contributed by atoms with Crippen molar-refractivity contribution in [2.75, 3.05) is 6.61 Å². The topological polar surface area (TPSA) is 49.7 Å². The summed E-state index contributed by atoms with van der Waals surface area (Å²) in [6.45, 7) is 0.486. The summed E-state index contributed by atoms with van der Waals surface area (Å²) in [5.41, 5.74) is -0.187. The average Bonchev–Trinajstić information content (AvgIpc) is 3.00. The highest BCUT2D eigenvalue weighted by Gasteiger charge is 2.26. The van der Waals surface area contributed by atoms with E-state index in [0.717, 1.165) is 12.8 Å². The summed E-state index contributed by atoms with van der Waals surface area (Å²) in [7, 11) is -1.85. The van der Waals surface area contributed by atoms with Crippen LogP contribution in [-0.2, 0) is 0 Å². The van der Waals surface area contributed by atoms with Gasteiger partial charge in [0.1, 0.15) is 0 Å². The molecular weight excluding hydrogens is 278 g/mol. The van der Waals surface area contributed by atoms with E-state index < -0.39 is 12.9 Å². The zero-order chi connectivity index (χ0) is 11.7. The van der Waals surface area contributed by atoms with Gasteiger partial charge in [-0.05, 0) is 30.9 Å². The van der Waals surface area contributed by atoms with Gasteiger partial charge in [-0.3, -0.25) is 0 Å². The van der Waals surface area contributed by atoms with Crippen LogP contribution in [0.2, 0.25) is 0 Å². The Morgan fingerprint density at radius 3 is 2.69 bits per heavy atom. The molecular formula is C10H11BBrFO3. The standard InChI is InChI=1S/C10H11BBrFO3/c12-7-3-4-8(16-5-6-1-2-6)10(13)9(7)11(14)15/h3-4,6,14-15H,1-2,5H2. The Morgan fingerprint density at radius 2 is 2.12 bits per heavy atom. The minimum absolute atomic E-state index is 0.0678. The largest absolute Gasteiger partial charge is 0.492 e. The van der Waals surface area contributed by atoms with Crippen LogP contribution in [0, 0.1) is 11.7 Å². The lowest BCUT2D eigenvalue weighted by Gasteiger charge is -2.11. The zero-order valence-electron chi connectivity index (χ0n) is 8.49. The summed E-state index contributed by atoms with van der Waals surface area (Å²) in [6, 6.07) is 3.02. The van der Waals surface area contributed by atoms with Crippen molar-refractivity contribution in [3.63, 3.8) is 0 Å². The third-order valence-corrected chi connectivity index (χ3v) is 3.21. The average molecular weight is 289 g/mol. The molecule has 3 nitrogen and oxygen atoms in total. The molecule has 0 radical (unpaired) electrons. The summed E-state index contributed by atoms with van der Waals surface area (Å²) < 4.78 is 19.4. The zero-order valence-corrected chi connectivity index (χ0v) is 10.1. The van der Waals surface area contributed by atoms with Gasteiger partial charge in [0.2, 0.25) is 0 Å². The van der Waals surface area contributed by atoms with Crippen LogP contribution in [0.5, 0.6) is 5.75 Å². The van der Waals surface area contributed by atoms with Gasteiger partial charge in [0.05, 0.1) is 6.61 Å². The Balaban J connectivity index is 2.20. The fourth-order valence-electron chi connectivity index (χ4n) is 1.39. The first-order chi connectivity index (χ1) is 7.59. The Morgan fingerprint density at radius 1 is 1.44 bits per heavy atom.